The first-order valence-corrected chi connectivity index (χ1v) is 6.52. The van der Waals surface area contributed by atoms with E-state index in [1.165, 1.54) is 12.8 Å². The van der Waals surface area contributed by atoms with Crippen LogP contribution in [0.15, 0.2) is 0 Å². The smallest absolute Gasteiger partial charge is 0.168 e. The van der Waals surface area contributed by atoms with Crippen molar-refractivity contribution in [2.45, 2.75) is 51.4 Å². The summed E-state index contributed by atoms with van der Waals surface area (Å²) in [6.45, 7) is 6.06. The minimum Gasteiger partial charge on any atom is -0.349 e. The third-order valence-corrected chi connectivity index (χ3v) is 4.48. The number of nitrogens with two attached hydrogens (primary N) is 1. The fraction of sp³-hybridized carbons (Fsp3) is 1.00. The standard InChI is InChI=1S/C13H23NO2/c1-12(2)7-15-13(16-8-12)5-9-3-11(14)4-10(9)6-13/h9-11H,3-8,14H2,1-2H3. The van der Waals surface area contributed by atoms with Gasteiger partial charge < -0.3 is 15.2 Å². The summed E-state index contributed by atoms with van der Waals surface area (Å²) in [6, 6.07) is 0.424. The first-order valence-electron chi connectivity index (χ1n) is 6.52. The van der Waals surface area contributed by atoms with Crippen molar-refractivity contribution in [2.24, 2.45) is 23.0 Å². The Hall–Kier alpha value is -0.120. The van der Waals surface area contributed by atoms with Crippen molar-refractivity contribution in [3.63, 3.8) is 0 Å². The van der Waals surface area contributed by atoms with Gasteiger partial charge in [-0.05, 0) is 24.7 Å². The molecule has 3 nitrogen and oxygen atoms in total. The molecule has 0 bridgehead atoms. The SMILES string of the molecule is CC1(C)COC2(CC3CC(N)CC3C2)OC1. The molecule has 0 aromatic heterocycles. The van der Waals surface area contributed by atoms with E-state index >= 15 is 0 Å². The lowest BCUT2D eigenvalue weighted by Gasteiger charge is -2.42. The maximum atomic E-state index is 6.05. The Bertz CT molecular complexity index is 264. The van der Waals surface area contributed by atoms with Crippen molar-refractivity contribution < 1.29 is 9.47 Å². The number of hydrogen-bond donors (Lipinski definition) is 1. The van der Waals surface area contributed by atoms with Gasteiger partial charge in [0.25, 0.3) is 0 Å². The van der Waals surface area contributed by atoms with Crippen LogP contribution in [0.1, 0.15) is 39.5 Å². The van der Waals surface area contributed by atoms with Gasteiger partial charge in [0.1, 0.15) is 0 Å². The summed E-state index contributed by atoms with van der Waals surface area (Å²) in [5.74, 6) is 1.25. The van der Waals surface area contributed by atoms with Crippen molar-refractivity contribution in [3.05, 3.63) is 0 Å². The Morgan fingerprint density at radius 2 is 1.50 bits per heavy atom. The van der Waals surface area contributed by atoms with E-state index in [4.69, 9.17) is 15.2 Å². The molecule has 0 amide bonds. The molecule has 2 unspecified atom stereocenters. The molecule has 16 heavy (non-hydrogen) atoms. The Labute approximate surface area is 97.7 Å². The van der Waals surface area contributed by atoms with Gasteiger partial charge in [-0.25, -0.2) is 0 Å². The molecule has 3 rings (SSSR count). The first kappa shape index (κ1) is 11.0. The highest BCUT2D eigenvalue weighted by atomic mass is 16.7. The zero-order valence-corrected chi connectivity index (χ0v) is 10.4. The minimum absolute atomic E-state index is 0.180. The summed E-state index contributed by atoms with van der Waals surface area (Å²) < 4.78 is 12.1. The molecule has 0 aromatic rings. The van der Waals surface area contributed by atoms with Crippen LogP contribution in [0.5, 0.6) is 0 Å². The molecule has 3 heteroatoms. The van der Waals surface area contributed by atoms with Crippen molar-refractivity contribution >= 4 is 0 Å². The maximum absolute atomic E-state index is 6.05. The molecule has 2 N–H and O–H groups in total. The molecule has 1 saturated heterocycles. The molecule has 0 aromatic carbocycles. The van der Waals surface area contributed by atoms with Crippen LogP contribution < -0.4 is 5.73 Å². The van der Waals surface area contributed by atoms with Gasteiger partial charge in [0, 0.05) is 24.3 Å². The van der Waals surface area contributed by atoms with E-state index in [2.05, 4.69) is 13.8 Å². The monoisotopic (exact) mass is 225 g/mol. The van der Waals surface area contributed by atoms with Crippen molar-refractivity contribution in [2.75, 3.05) is 13.2 Å². The molecular formula is C13H23NO2. The topological polar surface area (TPSA) is 44.5 Å². The van der Waals surface area contributed by atoms with Gasteiger partial charge in [-0.15, -0.1) is 0 Å². The summed E-state index contributed by atoms with van der Waals surface area (Å²) in [5.41, 5.74) is 6.18. The molecule has 2 atom stereocenters. The Kier molecular flexibility index (Phi) is 2.36. The summed E-state index contributed by atoms with van der Waals surface area (Å²) in [6.07, 6.45) is 4.48. The number of hydrogen-bond acceptors (Lipinski definition) is 3. The van der Waals surface area contributed by atoms with Crippen LogP contribution in [0, 0.1) is 17.3 Å². The van der Waals surface area contributed by atoms with Crippen LogP contribution in [0.25, 0.3) is 0 Å². The van der Waals surface area contributed by atoms with E-state index in [1.807, 2.05) is 0 Å². The normalized spacial score (nSPS) is 44.8. The van der Waals surface area contributed by atoms with Crippen molar-refractivity contribution in [1.29, 1.82) is 0 Å². The lowest BCUT2D eigenvalue weighted by Crippen LogP contribution is -2.46. The number of rotatable bonds is 0. The van der Waals surface area contributed by atoms with Crippen LogP contribution in [0.4, 0.5) is 0 Å². The van der Waals surface area contributed by atoms with E-state index in [9.17, 15) is 0 Å². The molecule has 1 heterocycles. The largest absolute Gasteiger partial charge is 0.349 e. The summed E-state index contributed by atoms with van der Waals surface area (Å²) >= 11 is 0. The van der Waals surface area contributed by atoms with Gasteiger partial charge in [0.15, 0.2) is 5.79 Å². The maximum Gasteiger partial charge on any atom is 0.168 e. The zero-order chi connectivity index (χ0) is 11.4. The molecule has 2 saturated carbocycles. The van der Waals surface area contributed by atoms with E-state index in [1.54, 1.807) is 0 Å². The average molecular weight is 225 g/mol. The Morgan fingerprint density at radius 3 is 2.00 bits per heavy atom. The average Bonchev–Trinajstić information content (AvgIpc) is 2.66. The van der Waals surface area contributed by atoms with Crippen LogP contribution in [0.2, 0.25) is 0 Å². The van der Waals surface area contributed by atoms with Crippen molar-refractivity contribution in [3.8, 4) is 0 Å². The third-order valence-electron chi connectivity index (χ3n) is 4.48. The van der Waals surface area contributed by atoms with Gasteiger partial charge in [-0.2, -0.15) is 0 Å². The van der Waals surface area contributed by atoms with Gasteiger partial charge in [0.2, 0.25) is 0 Å². The first-order chi connectivity index (χ1) is 7.48. The lowest BCUT2D eigenvalue weighted by molar-refractivity contribution is -0.297. The number of fused-ring (bicyclic) bond motifs is 1. The number of ether oxygens (including phenoxy) is 2. The van der Waals surface area contributed by atoms with Crippen LogP contribution in [-0.4, -0.2) is 25.0 Å². The van der Waals surface area contributed by atoms with Gasteiger partial charge >= 0.3 is 0 Å². The minimum atomic E-state index is -0.245. The Balaban J connectivity index is 1.66. The third kappa shape index (κ3) is 1.79. The molecule has 1 spiro atoms. The molecule has 1 aliphatic heterocycles. The molecule has 3 fully saturated rings. The van der Waals surface area contributed by atoms with Crippen molar-refractivity contribution in [1.82, 2.24) is 0 Å². The Morgan fingerprint density at radius 1 is 1.00 bits per heavy atom. The predicted molar refractivity (Wildman–Crippen MR) is 61.8 cm³/mol. The predicted octanol–water partition coefficient (Wildman–Crippen LogP) is 1.90. The fourth-order valence-corrected chi connectivity index (χ4v) is 3.61. The fourth-order valence-electron chi connectivity index (χ4n) is 3.61. The van der Waals surface area contributed by atoms with Crippen LogP contribution in [-0.2, 0) is 9.47 Å². The summed E-state index contributed by atoms with van der Waals surface area (Å²) in [7, 11) is 0. The second kappa shape index (κ2) is 3.44. The van der Waals surface area contributed by atoms with Gasteiger partial charge in [-0.1, -0.05) is 13.8 Å². The molecular weight excluding hydrogens is 202 g/mol. The molecule has 3 aliphatic rings. The zero-order valence-electron chi connectivity index (χ0n) is 10.4. The van der Waals surface area contributed by atoms with E-state index < -0.39 is 0 Å². The van der Waals surface area contributed by atoms with Gasteiger partial charge in [0.05, 0.1) is 13.2 Å². The quantitative estimate of drug-likeness (QED) is 0.685. The highest BCUT2D eigenvalue weighted by Gasteiger charge is 2.52. The van der Waals surface area contributed by atoms with E-state index in [0.717, 1.165) is 37.9 Å². The second-order valence-corrected chi connectivity index (χ2v) is 6.81. The highest BCUT2D eigenvalue weighted by Crippen LogP contribution is 2.52. The summed E-state index contributed by atoms with van der Waals surface area (Å²) in [5, 5.41) is 0. The lowest BCUT2D eigenvalue weighted by atomic mass is 9.94. The van der Waals surface area contributed by atoms with Crippen LogP contribution in [0.3, 0.4) is 0 Å². The molecule has 2 aliphatic carbocycles. The van der Waals surface area contributed by atoms with Crippen LogP contribution >= 0.6 is 0 Å². The van der Waals surface area contributed by atoms with Gasteiger partial charge in [-0.3, -0.25) is 0 Å². The molecule has 0 radical (unpaired) electrons. The molecule has 92 valence electrons. The van der Waals surface area contributed by atoms with E-state index in [0.29, 0.717) is 6.04 Å². The summed E-state index contributed by atoms with van der Waals surface area (Å²) in [4.78, 5) is 0. The second-order valence-electron chi connectivity index (χ2n) is 6.81. The highest BCUT2D eigenvalue weighted by molar-refractivity contribution is 4.99. The van der Waals surface area contributed by atoms with E-state index in [-0.39, 0.29) is 11.2 Å².